The van der Waals surface area contributed by atoms with Gasteiger partial charge in [-0.05, 0) is 37.6 Å². The zero-order valence-electron chi connectivity index (χ0n) is 17.2. The Balaban J connectivity index is 1.59. The van der Waals surface area contributed by atoms with Crippen molar-refractivity contribution in [3.63, 3.8) is 0 Å². The van der Waals surface area contributed by atoms with Gasteiger partial charge in [-0.2, -0.15) is 0 Å². The average Bonchev–Trinajstić information content (AvgIpc) is 3.21. The van der Waals surface area contributed by atoms with Crippen molar-refractivity contribution < 1.29 is 13.9 Å². The van der Waals surface area contributed by atoms with Crippen molar-refractivity contribution in [3.05, 3.63) is 64.7 Å². The minimum atomic E-state index is -0.387. The molecule has 0 amide bonds. The third kappa shape index (κ3) is 4.57. The third-order valence-electron chi connectivity index (χ3n) is 4.76. The van der Waals surface area contributed by atoms with Crippen LogP contribution in [0.2, 0.25) is 0 Å². The van der Waals surface area contributed by atoms with Crippen LogP contribution in [0, 0.1) is 5.82 Å². The first-order valence-corrected chi connectivity index (χ1v) is 11.1. The van der Waals surface area contributed by atoms with Gasteiger partial charge in [0.1, 0.15) is 0 Å². The maximum Gasteiger partial charge on any atom is 0.262 e. The van der Waals surface area contributed by atoms with Crippen LogP contribution >= 0.6 is 11.8 Å². The van der Waals surface area contributed by atoms with Crippen molar-refractivity contribution in [1.29, 1.82) is 0 Å². The van der Waals surface area contributed by atoms with Crippen molar-refractivity contribution in [3.8, 4) is 5.75 Å². The molecule has 0 atom stereocenters. The lowest BCUT2D eigenvalue weighted by Gasteiger charge is -2.11. The molecule has 31 heavy (non-hydrogen) atoms. The summed E-state index contributed by atoms with van der Waals surface area (Å²) in [6.45, 7) is 3.96. The molecule has 0 fully saturated rings. The van der Waals surface area contributed by atoms with E-state index in [2.05, 4.69) is 10.2 Å². The first-order chi connectivity index (χ1) is 15.2. The third-order valence-corrected chi connectivity index (χ3v) is 5.65. The van der Waals surface area contributed by atoms with E-state index in [9.17, 15) is 9.18 Å². The molecule has 2 heterocycles. The molecule has 2 aromatic heterocycles. The molecule has 0 aliphatic rings. The minimum absolute atomic E-state index is 0.0913. The number of halogens is 1. The molecule has 0 saturated carbocycles. The molecule has 0 aliphatic heterocycles. The minimum Gasteiger partial charge on any atom is -0.490 e. The highest BCUT2D eigenvalue weighted by molar-refractivity contribution is 7.99. The van der Waals surface area contributed by atoms with E-state index >= 15 is 0 Å². The van der Waals surface area contributed by atoms with Gasteiger partial charge in [0.25, 0.3) is 5.56 Å². The summed E-state index contributed by atoms with van der Waals surface area (Å²) in [5.41, 5.74) is 0.664. The fourth-order valence-electron chi connectivity index (χ4n) is 3.34. The van der Waals surface area contributed by atoms with Gasteiger partial charge in [-0.15, -0.1) is 10.2 Å². The van der Waals surface area contributed by atoms with E-state index in [1.807, 2.05) is 35.6 Å². The van der Waals surface area contributed by atoms with Crippen molar-refractivity contribution in [2.45, 2.75) is 25.0 Å². The van der Waals surface area contributed by atoms with E-state index in [1.165, 1.54) is 17.8 Å². The number of hydrogen-bond donors (Lipinski definition) is 0. The lowest BCUT2D eigenvalue weighted by atomic mass is 10.2. The van der Waals surface area contributed by atoms with Gasteiger partial charge in [0.05, 0.1) is 17.5 Å². The summed E-state index contributed by atoms with van der Waals surface area (Å²) in [5.74, 6) is 0.885. The Hall–Kier alpha value is -2.91. The fourth-order valence-corrected chi connectivity index (χ4v) is 4.10. The molecular formula is C22H23FN4O3S. The summed E-state index contributed by atoms with van der Waals surface area (Å²) in [7, 11) is 0. The Morgan fingerprint density at radius 2 is 1.87 bits per heavy atom. The lowest BCUT2D eigenvalue weighted by molar-refractivity contribution is 0.141. The van der Waals surface area contributed by atoms with Crippen LogP contribution in [0.25, 0.3) is 16.7 Å². The first kappa shape index (κ1) is 21.3. The molecule has 0 radical (unpaired) electrons. The van der Waals surface area contributed by atoms with Crippen molar-refractivity contribution in [2.24, 2.45) is 0 Å². The monoisotopic (exact) mass is 442 g/mol. The second kappa shape index (κ2) is 9.93. The molecule has 0 spiro atoms. The predicted molar refractivity (Wildman–Crippen MR) is 118 cm³/mol. The normalized spacial score (nSPS) is 11.4. The van der Waals surface area contributed by atoms with Gasteiger partial charge in [0.2, 0.25) is 5.78 Å². The summed E-state index contributed by atoms with van der Waals surface area (Å²) in [5, 5.41) is 9.86. The van der Waals surface area contributed by atoms with E-state index in [-0.39, 0.29) is 17.1 Å². The molecule has 0 bridgehead atoms. The van der Waals surface area contributed by atoms with Crippen LogP contribution in [0.5, 0.6) is 5.75 Å². The summed E-state index contributed by atoms with van der Waals surface area (Å²) in [6, 6.07) is 13.7. The number of rotatable bonds is 10. The maximum atomic E-state index is 13.7. The highest BCUT2D eigenvalue weighted by Gasteiger charge is 2.16. The smallest absolute Gasteiger partial charge is 0.262 e. The predicted octanol–water partition coefficient (Wildman–Crippen LogP) is 3.78. The van der Waals surface area contributed by atoms with Gasteiger partial charge in [0, 0.05) is 25.5 Å². The quantitative estimate of drug-likeness (QED) is 0.275. The Labute approximate surface area is 182 Å². The zero-order valence-corrected chi connectivity index (χ0v) is 18.0. The number of thioether (sulfide) groups is 1. The van der Waals surface area contributed by atoms with Gasteiger partial charge < -0.3 is 9.47 Å². The largest absolute Gasteiger partial charge is 0.490 e. The topological polar surface area (TPSA) is 70.7 Å². The van der Waals surface area contributed by atoms with Crippen LogP contribution in [0.15, 0.2) is 58.5 Å². The Bertz CT molecular complexity index is 1240. The van der Waals surface area contributed by atoms with Gasteiger partial charge in [-0.25, -0.2) is 4.39 Å². The Kier molecular flexibility index (Phi) is 6.83. The van der Waals surface area contributed by atoms with Crippen LogP contribution in [0.3, 0.4) is 0 Å². The maximum absolute atomic E-state index is 13.7. The molecule has 4 aromatic rings. The first-order valence-electron chi connectivity index (χ1n) is 10.1. The van der Waals surface area contributed by atoms with Crippen LogP contribution < -0.4 is 10.3 Å². The molecule has 0 unspecified atom stereocenters. The lowest BCUT2D eigenvalue weighted by Crippen LogP contribution is -2.24. The number of para-hydroxylation sites is 2. The summed E-state index contributed by atoms with van der Waals surface area (Å²) in [4.78, 5) is 13.0. The number of fused-ring (bicyclic) bond motifs is 3. The SMILES string of the molecule is CCOCCCn1c(=O)c2ccccc2n2c(SCCOc3ccccc3F)nnc12. The van der Waals surface area contributed by atoms with Gasteiger partial charge >= 0.3 is 0 Å². The second-order valence-electron chi connectivity index (χ2n) is 6.77. The fraction of sp³-hybridized carbons (Fsp3) is 0.318. The Morgan fingerprint density at radius 1 is 1.06 bits per heavy atom. The van der Waals surface area contributed by atoms with E-state index in [0.717, 1.165) is 5.52 Å². The van der Waals surface area contributed by atoms with E-state index in [0.29, 0.717) is 54.9 Å². The van der Waals surface area contributed by atoms with E-state index in [1.54, 1.807) is 22.8 Å². The van der Waals surface area contributed by atoms with Crippen molar-refractivity contribution in [1.82, 2.24) is 19.2 Å². The number of nitrogens with zero attached hydrogens (tertiary/aromatic N) is 4. The number of benzene rings is 2. The zero-order chi connectivity index (χ0) is 21.6. The highest BCUT2D eigenvalue weighted by atomic mass is 32.2. The Morgan fingerprint density at radius 3 is 2.71 bits per heavy atom. The summed E-state index contributed by atoms with van der Waals surface area (Å²) < 4.78 is 28.2. The summed E-state index contributed by atoms with van der Waals surface area (Å²) in [6.07, 6.45) is 0.702. The van der Waals surface area contributed by atoms with Gasteiger partial charge in [0.15, 0.2) is 16.7 Å². The standard InChI is InChI=1S/C22H23FN4O3S/c1-2-29-13-7-12-26-20(28)16-8-3-5-10-18(16)27-21(26)24-25-22(27)31-15-14-30-19-11-6-4-9-17(19)23/h3-6,8-11H,2,7,12-15H2,1H3. The number of ether oxygens (including phenoxy) is 2. The molecule has 162 valence electrons. The molecule has 4 rings (SSSR count). The van der Waals surface area contributed by atoms with Crippen LogP contribution in [-0.2, 0) is 11.3 Å². The average molecular weight is 443 g/mol. The second-order valence-corrected chi connectivity index (χ2v) is 7.83. The van der Waals surface area contributed by atoms with E-state index in [4.69, 9.17) is 9.47 Å². The summed E-state index contributed by atoms with van der Waals surface area (Å²) >= 11 is 1.44. The van der Waals surface area contributed by atoms with Crippen LogP contribution in [0.4, 0.5) is 4.39 Å². The highest BCUT2D eigenvalue weighted by Crippen LogP contribution is 2.22. The molecule has 0 N–H and O–H groups in total. The molecule has 7 nitrogen and oxygen atoms in total. The van der Waals surface area contributed by atoms with Crippen LogP contribution in [0.1, 0.15) is 13.3 Å². The number of aryl methyl sites for hydroxylation is 1. The van der Waals surface area contributed by atoms with Crippen molar-refractivity contribution >= 4 is 28.4 Å². The number of aromatic nitrogens is 4. The molecular weight excluding hydrogens is 419 g/mol. The molecule has 0 aliphatic carbocycles. The molecule has 0 saturated heterocycles. The van der Waals surface area contributed by atoms with Crippen LogP contribution in [-0.4, -0.2) is 44.7 Å². The van der Waals surface area contributed by atoms with E-state index < -0.39 is 0 Å². The number of hydrogen-bond acceptors (Lipinski definition) is 6. The molecule has 9 heteroatoms. The van der Waals surface area contributed by atoms with Gasteiger partial charge in [-0.3, -0.25) is 13.8 Å². The molecule has 2 aromatic carbocycles. The van der Waals surface area contributed by atoms with Gasteiger partial charge in [-0.1, -0.05) is 36.0 Å². The van der Waals surface area contributed by atoms with Crippen molar-refractivity contribution in [2.75, 3.05) is 25.6 Å².